The van der Waals surface area contributed by atoms with Crippen LogP contribution < -0.4 is 20.4 Å². The van der Waals surface area contributed by atoms with Crippen LogP contribution in [0.25, 0.3) is 44.6 Å². The molecule has 71 heavy (non-hydrogen) atoms. The molecule has 13 nitrogen and oxygen atoms in total. The Labute approximate surface area is 413 Å². The lowest BCUT2D eigenvalue weighted by Gasteiger charge is -2.30. The summed E-state index contributed by atoms with van der Waals surface area (Å²) in [7, 11) is 7.63. The third-order valence-electron chi connectivity index (χ3n) is 12.5. The minimum atomic E-state index is -0.357. The number of carbonyl (C=O) groups excluding carboxylic acids is 1. The first-order valence-electron chi connectivity index (χ1n) is 23.8. The van der Waals surface area contributed by atoms with E-state index in [2.05, 4.69) is 67.6 Å². The molecule has 1 amide bonds. The Morgan fingerprint density at radius 1 is 0.606 bits per heavy atom. The zero-order chi connectivity index (χ0) is 49.6. The van der Waals surface area contributed by atoms with Gasteiger partial charge in [-0.05, 0) is 118 Å². The molecule has 2 saturated heterocycles. The number of pyridine rings is 4. The maximum Gasteiger partial charge on any atom is 0.253 e. The lowest BCUT2D eigenvalue weighted by atomic mass is 10.0. The Bertz CT molecular complexity index is 3180. The smallest absolute Gasteiger partial charge is 0.253 e. The summed E-state index contributed by atoms with van der Waals surface area (Å²) >= 11 is 0. The molecule has 10 rings (SSSR count). The number of nitrogens with one attached hydrogen (secondary N) is 2. The number of benzene rings is 4. The van der Waals surface area contributed by atoms with Gasteiger partial charge >= 0.3 is 0 Å². The molecule has 4 aromatic carbocycles. The molecule has 2 N–H and O–H groups in total. The second kappa shape index (κ2) is 21.6. The molecular formula is C56H58F2N10O3. The molecular weight excluding hydrogens is 899 g/mol. The largest absolute Gasteiger partial charge is 0.378 e. The molecule has 2 fully saturated rings. The van der Waals surface area contributed by atoms with E-state index in [4.69, 9.17) is 19.4 Å². The van der Waals surface area contributed by atoms with E-state index in [1.54, 1.807) is 43.5 Å². The standard InChI is InChI=1S/C28H28FN5O2.C28H30FN5O/c1-18-26(23-8-7-20(29)16-25(23)32-27(18)24-6-4-5-9-30-24)31-21-14-19(28(35)33(2)3)15-22(17-21)34-10-12-36-13-11-34;1-19-27(24-8-7-21(29)16-26(24)32-28(19)25-6-4-5-9-30-25)31-22-14-20(18-33(2)3)15-23(17-22)34-10-12-35-13-11-34/h4-9,14-17H,10-13H2,1-3H3,(H,31,32);4-9,14-17H,10-13,18H2,1-3H3,(H,31,32). The summed E-state index contributed by atoms with van der Waals surface area (Å²) in [6.07, 6.45) is 3.46. The van der Waals surface area contributed by atoms with Crippen molar-refractivity contribution in [2.45, 2.75) is 20.4 Å². The lowest BCUT2D eigenvalue weighted by Crippen LogP contribution is -2.36. The van der Waals surface area contributed by atoms with Gasteiger partial charge in [0.2, 0.25) is 0 Å². The van der Waals surface area contributed by atoms with E-state index in [1.165, 1.54) is 35.5 Å². The van der Waals surface area contributed by atoms with Gasteiger partial charge < -0.3 is 39.7 Å². The highest BCUT2D eigenvalue weighted by Gasteiger charge is 2.21. The highest BCUT2D eigenvalue weighted by atomic mass is 19.1. The van der Waals surface area contributed by atoms with E-state index in [0.717, 1.165) is 108 Å². The molecule has 15 heteroatoms. The van der Waals surface area contributed by atoms with Crippen LogP contribution in [0.4, 0.5) is 42.9 Å². The average molecular weight is 957 g/mol. The van der Waals surface area contributed by atoms with E-state index in [1.807, 2.05) is 68.4 Å². The molecule has 8 aromatic rings. The Morgan fingerprint density at radius 3 is 1.54 bits per heavy atom. The third-order valence-corrected chi connectivity index (χ3v) is 12.5. The summed E-state index contributed by atoms with van der Waals surface area (Å²) in [6, 6.07) is 33.1. The van der Waals surface area contributed by atoms with Crippen molar-refractivity contribution >= 4 is 61.8 Å². The van der Waals surface area contributed by atoms with Crippen molar-refractivity contribution in [2.24, 2.45) is 0 Å². The number of halogens is 2. The van der Waals surface area contributed by atoms with Crippen molar-refractivity contribution < 1.29 is 23.0 Å². The summed E-state index contributed by atoms with van der Waals surface area (Å²) in [5.41, 5.74) is 13.2. The third kappa shape index (κ3) is 11.2. The Hall–Kier alpha value is -7.59. The predicted octanol–water partition coefficient (Wildman–Crippen LogP) is 10.4. The summed E-state index contributed by atoms with van der Waals surface area (Å²) in [5.74, 6) is -0.750. The van der Waals surface area contributed by atoms with Crippen molar-refractivity contribution in [3.8, 4) is 22.8 Å². The predicted molar refractivity (Wildman–Crippen MR) is 280 cm³/mol. The number of fused-ring (bicyclic) bond motifs is 2. The molecule has 4 aromatic heterocycles. The number of carbonyl (C=O) groups is 1. The van der Waals surface area contributed by atoms with E-state index in [0.29, 0.717) is 41.2 Å². The molecule has 6 heterocycles. The molecule has 364 valence electrons. The zero-order valence-corrected chi connectivity index (χ0v) is 41.0. The number of hydrogen-bond donors (Lipinski definition) is 2. The fourth-order valence-corrected chi connectivity index (χ4v) is 9.06. The number of morpholine rings is 2. The van der Waals surface area contributed by atoms with Crippen LogP contribution in [-0.2, 0) is 16.0 Å². The minimum Gasteiger partial charge on any atom is -0.378 e. The van der Waals surface area contributed by atoms with Gasteiger partial charge in [0.15, 0.2) is 0 Å². The van der Waals surface area contributed by atoms with E-state index in [-0.39, 0.29) is 17.5 Å². The normalized spacial score (nSPS) is 13.8. The fourth-order valence-electron chi connectivity index (χ4n) is 9.06. The summed E-state index contributed by atoms with van der Waals surface area (Å²) < 4.78 is 39.4. The van der Waals surface area contributed by atoms with Crippen molar-refractivity contribution in [2.75, 3.05) is 101 Å². The molecule has 0 spiro atoms. The first-order valence-corrected chi connectivity index (χ1v) is 23.8. The van der Waals surface area contributed by atoms with Crippen LogP contribution in [-0.4, -0.2) is 116 Å². The molecule has 2 aliphatic rings. The average Bonchev–Trinajstić information content (AvgIpc) is 3.38. The van der Waals surface area contributed by atoms with Crippen LogP contribution in [0.2, 0.25) is 0 Å². The van der Waals surface area contributed by atoms with Gasteiger partial charge in [-0.3, -0.25) is 14.8 Å². The number of ether oxygens (including phenoxy) is 2. The maximum atomic E-state index is 14.2. The van der Waals surface area contributed by atoms with Crippen LogP contribution in [0.15, 0.2) is 122 Å². The molecule has 0 atom stereocenters. The van der Waals surface area contributed by atoms with Crippen molar-refractivity contribution in [3.05, 3.63) is 155 Å². The summed E-state index contributed by atoms with van der Waals surface area (Å²) in [6.45, 7) is 10.8. The van der Waals surface area contributed by atoms with Gasteiger partial charge in [0.05, 0.1) is 71.6 Å². The number of anilines is 6. The van der Waals surface area contributed by atoms with Crippen LogP contribution in [0, 0.1) is 25.5 Å². The molecule has 2 aliphatic heterocycles. The van der Waals surface area contributed by atoms with Gasteiger partial charge in [-0.1, -0.05) is 12.1 Å². The van der Waals surface area contributed by atoms with E-state index < -0.39 is 0 Å². The summed E-state index contributed by atoms with van der Waals surface area (Å²) in [4.78, 5) is 39.7. The summed E-state index contributed by atoms with van der Waals surface area (Å²) in [5, 5.41) is 8.86. The molecule has 0 saturated carbocycles. The Balaban J connectivity index is 0.000000176. The Morgan fingerprint density at radius 2 is 1.08 bits per heavy atom. The zero-order valence-electron chi connectivity index (χ0n) is 41.0. The molecule has 0 bridgehead atoms. The van der Waals surface area contributed by atoms with E-state index in [9.17, 15) is 13.6 Å². The van der Waals surface area contributed by atoms with Gasteiger partial charge in [-0.15, -0.1) is 0 Å². The van der Waals surface area contributed by atoms with E-state index >= 15 is 0 Å². The van der Waals surface area contributed by atoms with Gasteiger partial charge in [0, 0.05) is 122 Å². The van der Waals surface area contributed by atoms with Crippen LogP contribution in [0.3, 0.4) is 0 Å². The lowest BCUT2D eigenvalue weighted by molar-refractivity contribution is 0.0827. The molecule has 0 aliphatic carbocycles. The topological polar surface area (TPSA) is 124 Å². The second-order valence-electron chi connectivity index (χ2n) is 18.2. The first kappa shape index (κ1) is 48.4. The highest BCUT2D eigenvalue weighted by molar-refractivity contribution is 6.00. The maximum absolute atomic E-state index is 14.2. The van der Waals surface area contributed by atoms with Crippen molar-refractivity contribution in [3.63, 3.8) is 0 Å². The Kier molecular flexibility index (Phi) is 14.7. The van der Waals surface area contributed by atoms with Gasteiger partial charge in [-0.2, -0.15) is 0 Å². The van der Waals surface area contributed by atoms with Gasteiger partial charge in [-0.25, -0.2) is 18.7 Å². The number of aromatic nitrogens is 4. The highest BCUT2D eigenvalue weighted by Crippen LogP contribution is 2.38. The van der Waals surface area contributed by atoms with Crippen molar-refractivity contribution in [1.82, 2.24) is 29.7 Å². The minimum absolute atomic E-state index is 0.0827. The first-order chi connectivity index (χ1) is 34.4. The van der Waals surface area contributed by atoms with Gasteiger partial charge in [0.25, 0.3) is 5.91 Å². The molecule has 0 unspecified atom stereocenters. The number of amides is 1. The van der Waals surface area contributed by atoms with Gasteiger partial charge in [0.1, 0.15) is 11.6 Å². The second-order valence-corrected chi connectivity index (χ2v) is 18.2. The van der Waals surface area contributed by atoms with Crippen LogP contribution in [0.5, 0.6) is 0 Å². The van der Waals surface area contributed by atoms with Crippen LogP contribution in [0.1, 0.15) is 27.0 Å². The van der Waals surface area contributed by atoms with Crippen molar-refractivity contribution in [1.29, 1.82) is 0 Å². The monoisotopic (exact) mass is 956 g/mol. The SMILES string of the molecule is Cc1c(-c2ccccn2)nc2cc(F)ccc2c1Nc1cc(C(=O)N(C)C)cc(N2CCOCC2)c1.Cc1c(-c2ccccn2)nc2cc(F)ccc2c1Nc1cc(CN(C)C)cc(N2CCOCC2)c1. The number of rotatable bonds is 11. The molecule has 0 radical (unpaired) electrons. The quantitative estimate of drug-likeness (QED) is 0.128. The number of hydrogen-bond acceptors (Lipinski definition) is 12. The number of nitrogens with zero attached hydrogens (tertiary/aromatic N) is 8. The fraction of sp³-hybridized carbons (Fsp3) is 0.268. The van der Waals surface area contributed by atoms with Crippen LogP contribution >= 0.6 is 0 Å².